The van der Waals surface area contributed by atoms with Crippen LogP contribution in [-0.4, -0.2) is 9.13 Å². The van der Waals surface area contributed by atoms with Crippen molar-refractivity contribution in [3.63, 3.8) is 0 Å². The summed E-state index contributed by atoms with van der Waals surface area (Å²) in [7, 11) is 0. The second-order valence-electron chi connectivity index (χ2n) is 22.2. The van der Waals surface area contributed by atoms with Crippen LogP contribution < -0.4 is 0 Å². The zero-order chi connectivity index (χ0) is 54.3. The van der Waals surface area contributed by atoms with E-state index in [2.05, 4.69) is 300 Å². The average Bonchev–Trinajstić information content (AvgIpc) is 3.24. The van der Waals surface area contributed by atoms with Crippen LogP contribution in [0.3, 0.4) is 0 Å². The van der Waals surface area contributed by atoms with Crippen molar-refractivity contribution in [3.05, 3.63) is 313 Å². The smallest absolute Gasteiger partial charge is 0.0714 e. The van der Waals surface area contributed by atoms with Crippen LogP contribution in [0.15, 0.2) is 291 Å². The van der Waals surface area contributed by atoms with Crippen LogP contribution in [-0.2, 0) is 5.41 Å². The summed E-state index contributed by atoms with van der Waals surface area (Å²) in [6, 6.07) is 109. The van der Waals surface area contributed by atoms with Crippen LogP contribution in [0.4, 0.5) is 0 Å². The number of para-hydroxylation sites is 3. The Kier molecular flexibility index (Phi) is 10.1. The molecule has 0 amide bonds. The summed E-state index contributed by atoms with van der Waals surface area (Å²) in [6.07, 6.45) is 0. The number of hydrogen-bond acceptors (Lipinski definition) is 2. The van der Waals surface area contributed by atoms with E-state index in [-0.39, 0.29) is 0 Å². The van der Waals surface area contributed by atoms with Gasteiger partial charge in [0.25, 0.3) is 0 Å². The lowest BCUT2D eigenvalue weighted by Crippen LogP contribution is -2.28. The fourth-order valence-corrected chi connectivity index (χ4v) is 16.9. The number of benzene rings is 13. The first kappa shape index (κ1) is 46.6. The maximum atomic E-state index is 2.54. The summed E-state index contributed by atoms with van der Waals surface area (Å²) >= 11 is 3.78. The van der Waals surface area contributed by atoms with E-state index in [0.29, 0.717) is 0 Å². The highest BCUT2D eigenvalue weighted by Gasteiger charge is 2.47. The van der Waals surface area contributed by atoms with Gasteiger partial charge in [-0.25, -0.2) is 0 Å². The van der Waals surface area contributed by atoms with Gasteiger partial charge < -0.3 is 9.13 Å². The SMILES string of the molecule is c1ccc(-n2c3ccccc3c3cc(-c4ccc5c(c4)c4ccccc4n5-c4cccc5c4-c4ccccc4C5(c4ccc(-c5cccc6c5sc5ccccc56)cc4)c4ccc(-c5cccc6c5sc5ccccc56)cc4)ccc32)cc1. The van der Waals surface area contributed by atoms with Crippen molar-refractivity contribution in [2.45, 2.75) is 5.41 Å². The molecule has 0 spiro atoms. The molecule has 83 heavy (non-hydrogen) atoms. The maximum Gasteiger partial charge on any atom is 0.0714 e. The Hall–Kier alpha value is -10.1. The normalized spacial score (nSPS) is 12.9. The minimum atomic E-state index is -0.652. The van der Waals surface area contributed by atoms with Crippen molar-refractivity contribution in [2.75, 3.05) is 0 Å². The molecule has 386 valence electrons. The van der Waals surface area contributed by atoms with Gasteiger partial charge in [-0.05, 0) is 128 Å². The topological polar surface area (TPSA) is 9.86 Å². The number of thiophene rings is 2. The van der Waals surface area contributed by atoms with Gasteiger partial charge in [0.05, 0.1) is 33.2 Å². The molecule has 4 heteroatoms. The maximum absolute atomic E-state index is 2.54. The van der Waals surface area contributed by atoms with Gasteiger partial charge in [-0.15, -0.1) is 22.7 Å². The Labute approximate surface area is 487 Å². The van der Waals surface area contributed by atoms with Crippen molar-refractivity contribution in [2.24, 2.45) is 0 Å². The molecule has 1 aliphatic rings. The summed E-state index contributed by atoms with van der Waals surface area (Å²) < 4.78 is 10.2. The van der Waals surface area contributed by atoms with Gasteiger partial charge in [-0.3, -0.25) is 0 Å². The molecule has 1 aliphatic carbocycles. The molecule has 0 bridgehead atoms. The van der Waals surface area contributed by atoms with E-state index in [1.165, 1.54) is 156 Å². The van der Waals surface area contributed by atoms with Crippen LogP contribution in [0.25, 0.3) is 140 Å². The predicted molar refractivity (Wildman–Crippen MR) is 355 cm³/mol. The molecular formula is C79H48N2S2. The number of aromatic nitrogens is 2. The van der Waals surface area contributed by atoms with Crippen molar-refractivity contribution < 1.29 is 0 Å². The van der Waals surface area contributed by atoms with Gasteiger partial charge in [-0.2, -0.15) is 0 Å². The third kappa shape index (κ3) is 6.70. The molecule has 0 radical (unpaired) electrons. The van der Waals surface area contributed by atoms with E-state index in [1.54, 1.807) is 0 Å². The fourth-order valence-electron chi connectivity index (χ4n) is 14.5. The highest BCUT2D eigenvalue weighted by Crippen LogP contribution is 2.59. The van der Waals surface area contributed by atoms with E-state index < -0.39 is 5.41 Å². The highest BCUT2D eigenvalue weighted by atomic mass is 32.1. The van der Waals surface area contributed by atoms with Crippen molar-refractivity contribution >= 4 is 107 Å². The summed E-state index contributed by atoms with van der Waals surface area (Å²) in [5, 5.41) is 10.2. The molecule has 0 atom stereocenters. The second kappa shape index (κ2) is 17.9. The minimum absolute atomic E-state index is 0.652. The molecule has 4 heterocycles. The number of hydrogen-bond donors (Lipinski definition) is 0. The van der Waals surface area contributed by atoms with E-state index in [1.807, 2.05) is 22.7 Å². The number of rotatable bonds is 7. The lowest BCUT2D eigenvalue weighted by molar-refractivity contribution is 0.768. The first-order valence-corrected chi connectivity index (χ1v) is 30.2. The van der Waals surface area contributed by atoms with Crippen molar-refractivity contribution in [1.29, 1.82) is 0 Å². The Balaban J connectivity index is 0.833. The molecule has 0 saturated carbocycles. The lowest BCUT2D eigenvalue weighted by atomic mass is 9.67. The Morgan fingerprint density at radius 2 is 0.687 bits per heavy atom. The van der Waals surface area contributed by atoms with E-state index in [9.17, 15) is 0 Å². The first-order chi connectivity index (χ1) is 41.2. The van der Waals surface area contributed by atoms with Gasteiger partial charge in [0, 0.05) is 73.1 Å². The van der Waals surface area contributed by atoms with Gasteiger partial charge in [0.15, 0.2) is 0 Å². The zero-order valence-corrected chi connectivity index (χ0v) is 46.6. The molecule has 2 nitrogen and oxygen atoms in total. The standard InChI is InChI=1S/C79H48N2S2/c1-2-17-55(18-3-1)80-69-30-10-5-19-58(69)65-47-51(39-45-71(65)80)52-40-46-72-66(48-52)59-20-6-11-31-70(59)81(72)73-32-16-29-68-76(73)64-23-4-9-28-67(64)79(68,53-41-35-49(36-42-53)56-24-14-26-62-60-21-7-12-33-74(60)82-77(56)62)54-43-37-50(38-44-54)57-25-15-27-63-61-22-8-13-34-75(61)83-78(57)63/h1-48H. The molecular weight excluding hydrogens is 1040 g/mol. The van der Waals surface area contributed by atoms with Crippen LogP contribution in [0.5, 0.6) is 0 Å². The van der Waals surface area contributed by atoms with Crippen LogP contribution in [0.1, 0.15) is 22.3 Å². The molecule has 18 rings (SSSR count). The Morgan fingerprint density at radius 3 is 1.28 bits per heavy atom. The lowest BCUT2D eigenvalue weighted by Gasteiger charge is -2.34. The van der Waals surface area contributed by atoms with Gasteiger partial charge in [-0.1, -0.05) is 224 Å². The van der Waals surface area contributed by atoms with Gasteiger partial charge in [0.1, 0.15) is 0 Å². The molecule has 0 N–H and O–H groups in total. The van der Waals surface area contributed by atoms with Crippen LogP contribution in [0, 0.1) is 0 Å². The van der Waals surface area contributed by atoms with Crippen LogP contribution in [0.2, 0.25) is 0 Å². The van der Waals surface area contributed by atoms with E-state index in [0.717, 1.165) is 5.69 Å². The summed E-state index contributed by atoms with van der Waals surface area (Å²) in [6.45, 7) is 0. The second-order valence-corrected chi connectivity index (χ2v) is 24.3. The minimum Gasteiger partial charge on any atom is -0.309 e. The predicted octanol–water partition coefficient (Wildman–Crippen LogP) is 22.0. The van der Waals surface area contributed by atoms with Crippen LogP contribution >= 0.6 is 22.7 Å². The molecule has 0 saturated heterocycles. The molecule has 0 fully saturated rings. The highest BCUT2D eigenvalue weighted by molar-refractivity contribution is 7.26. The molecule has 0 unspecified atom stereocenters. The quantitative estimate of drug-likeness (QED) is 0.151. The van der Waals surface area contributed by atoms with Crippen molar-refractivity contribution in [1.82, 2.24) is 9.13 Å². The Bertz CT molecular complexity index is 5340. The summed E-state index contributed by atoms with van der Waals surface area (Å²) in [4.78, 5) is 0. The molecule has 13 aromatic carbocycles. The summed E-state index contributed by atoms with van der Waals surface area (Å²) in [5.41, 5.74) is 21.4. The monoisotopic (exact) mass is 1090 g/mol. The van der Waals surface area contributed by atoms with Gasteiger partial charge >= 0.3 is 0 Å². The third-order valence-corrected chi connectivity index (χ3v) is 20.5. The average molecular weight is 1090 g/mol. The zero-order valence-electron chi connectivity index (χ0n) is 44.9. The fraction of sp³-hybridized carbons (Fsp3) is 0.0127. The molecule has 17 aromatic rings. The molecule has 0 aliphatic heterocycles. The van der Waals surface area contributed by atoms with E-state index in [4.69, 9.17) is 0 Å². The third-order valence-electron chi connectivity index (χ3n) is 18.0. The van der Waals surface area contributed by atoms with E-state index >= 15 is 0 Å². The summed E-state index contributed by atoms with van der Waals surface area (Å²) in [5.74, 6) is 0. The number of fused-ring (bicyclic) bond motifs is 15. The first-order valence-electron chi connectivity index (χ1n) is 28.6. The Morgan fingerprint density at radius 1 is 0.265 bits per heavy atom. The van der Waals surface area contributed by atoms with Crippen molar-refractivity contribution in [3.8, 4) is 55.9 Å². The molecule has 4 aromatic heterocycles. The largest absolute Gasteiger partial charge is 0.309 e. The number of nitrogens with zero attached hydrogens (tertiary/aromatic N) is 2. The van der Waals surface area contributed by atoms with Gasteiger partial charge in [0.2, 0.25) is 0 Å².